The van der Waals surface area contributed by atoms with Crippen molar-refractivity contribution in [2.24, 2.45) is 0 Å². The van der Waals surface area contributed by atoms with Crippen LogP contribution in [0.5, 0.6) is 11.5 Å². The van der Waals surface area contributed by atoms with Crippen LogP contribution in [0.3, 0.4) is 0 Å². The summed E-state index contributed by atoms with van der Waals surface area (Å²) >= 11 is 0. The van der Waals surface area contributed by atoms with Gasteiger partial charge in [0.1, 0.15) is 11.5 Å². The van der Waals surface area contributed by atoms with E-state index in [4.69, 9.17) is 20.4 Å². The van der Waals surface area contributed by atoms with Crippen molar-refractivity contribution in [3.8, 4) is 11.5 Å². The van der Waals surface area contributed by atoms with Crippen molar-refractivity contribution in [2.75, 3.05) is 0 Å². The zero-order valence-electron chi connectivity index (χ0n) is 13.1. The van der Waals surface area contributed by atoms with E-state index in [1.165, 1.54) is 12.1 Å². The van der Waals surface area contributed by atoms with E-state index in [1.54, 1.807) is 36.4 Å². The molecular formula is C16H22N2O6. The summed E-state index contributed by atoms with van der Waals surface area (Å²) < 4.78 is 0. The van der Waals surface area contributed by atoms with Crippen LogP contribution in [0.25, 0.3) is 0 Å². The Morgan fingerprint density at radius 2 is 0.958 bits per heavy atom. The molecule has 0 fully saturated rings. The predicted octanol–water partition coefficient (Wildman–Crippen LogP) is 2.36. The van der Waals surface area contributed by atoms with Gasteiger partial charge in [-0.3, -0.25) is 9.59 Å². The van der Waals surface area contributed by atoms with Crippen molar-refractivity contribution in [2.45, 2.75) is 12.8 Å². The molecule has 8 heteroatoms. The first kappa shape index (κ1) is 23.2. The maximum atomic E-state index is 10.2. The smallest absolute Gasteiger partial charge is 0.307 e. The zero-order valence-corrected chi connectivity index (χ0v) is 13.1. The van der Waals surface area contributed by atoms with Gasteiger partial charge in [-0.15, -0.1) is 0 Å². The lowest BCUT2D eigenvalue weighted by molar-refractivity contribution is -0.137. The van der Waals surface area contributed by atoms with Gasteiger partial charge in [0.2, 0.25) is 0 Å². The Labute approximate surface area is 139 Å². The fourth-order valence-electron chi connectivity index (χ4n) is 1.65. The highest BCUT2D eigenvalue weighted by Gasteiger charge is 2.04. The highest BCUT2D eigenvalue weighted by Crippen LogP contribution is 2.16. The second kappa shape index (κ2) is 11.5. The summed E-state index contributed by atoms with van der Waals surface area (Å²) in [6.07, 6.45) is -0.265. The van der Waals surface area contributed by atoms with Crippen LogP contribution in [-0.2, 0) is 22.4 Å². The normalized spacial score (nSPS) is 8.67. The lowest BCUT2D eigenvalue weighted by atomic mass is 10.1. The first-order chi connectivity index (χ1) is 10.4. The quantitative estimate of drug-likeness (QED) is 0.490. The van der Waals surface area contributed by atoms with E-state index in [9.17, 15) is 9.59 Å². The van der Waals surface area contributed by atoms with E-state index < -0.39 is 11.9 Å². The molecule has 0 aliphatic heterocycles. The second-order valence-corrected chi connectivity index (χ2v) is 4.40. The van der Waals surface area contributed by atoms with Crippen molar-refractivity contribution < 1.29 is 30.0 Å². The summed E-state index contributed by atoms with van der Waals surface area (Å²) in [6.45, 7) is 0. The van der Waals surface area contributed by atoms with Gasteiger partial charge < -0.3 is 32.7 Å². The molecule has 0 saturated carbocycles. The molecule has 132 valence electrons. The molecule has 0 amide bonds. The van der Waals surface area contributed by atoms with Crippen LogP contribution in [0.2, 0.25) is 0 Å². The fourth-order valence-corrected chi connectivity index (χ4v) is 1.65. The first-order valence-corrected chi connectivity index (χ1v) is 6.37. The minimum Gasteiger partial charge on any atom is -0.508 e. The molecule has 0 aliphatic rings. The summed E-state index contributed by atoms with van der Waals surface area (Å²) in [5, 5.41) is 35.0. The Hall–Kier alpha value is -3.10. The number of hydrogen-bond acceptors (Lipinski definition) is 6. The number of carboxylic acid groups (broad SMARTS) is 2. The van der Waals surface area contributed by atoms with E-state index in [1.807, 2.05) is 0 Å². The van der Waals surface area contributed by atoms with Crippen LogP contribution in [0.4, 0.5) is 0 Å². The molecule has 0 bridgehead atoms. The number of para-hydroxylation sites is 2. The minimum absolute atomic E-state index is 0. The van der Waals surface area contributed by atoms with Crippen molar-refractivity contribution in [1.29, 1.82) is 0 Å². The molecule has 0 aromatic heterocycles. The van der Waals surface area contributed by atoms with Gasteiger partial charge >= 0.3 is 11.9 Å². The molecule has 24 heavy (non-hydrogen) atoms. The van der Waals surface area contributed by atoms with E-state index in [-0.39, 0.29) is 36.6 Å². The first-order valence-electron chi connectivity index (χ1n) is 6.37. The van der Waals surface area contributed by atoms with Crippen LogP contribution in [0, 0.1) is 0 Å². The molecule has 0 atom stereocenters. The molecule has 0 radical (unpaired) electrons. The highest BCUT2D eigenvalue weighted by molar-refractivity contribution is 5.71. The van der Waals surface area contributed by atoms with Gasteiger partial charge in [0, 0.05) is 11.1 Å². The third kappa shape index (κ3) is 8.37. The molecule has 2 rings (SSSR count). The molecule has 10 N–H and O–H groups in total. The number of hydrogen-bond donors (Lipinski definition) is 6. The van der Waals surface area contributed by atoms with Gasteiger partial charge in [0.15, 0.2) is 0 Å². The third-order valence-corrected chi connectivity index (χ3v) is 2.67. The highest BCUT2D eigenvalue weighted by atomic mass is 16.4. The van der Waals surface area contributed by atoms with Crippen molar-refractivity contribution in [3.05, 3.63) is 59.7 Å². The Kier molecular flexibility index (Phi) is 11.1. The number of aromatic hydroxyl groups is 2. The Bertz CT molecular complexity index is 603. The number of aliphatic carboxylic acids is 2. The topological polar surface area (TPSA) is 185 Å². The second-order valence-electron chi connectivity index (χ2n) is 4.40. The van der Waals surface area contributed by atoms with Gasteiger partial charge in [-0.25, -0.2) is 0 Å². The Morgan fingerprint density at radius 3 is 1.21 bits per heavy atom. The average molecular weight is 338 g/mol. The van der Waals surface area contributed by atoms with Crippen LogP contribution in [-0.4, -0.2) is 32.4 Å². The van der Waals surface area contributed by atoms with Crippen molar-refractivity contribution >= 4 is 11.9 Å². The molecule has 0 unspecified atom stereocenters. The SMILES string of the molecule is N.N.O=C(O)Cc1ccccc1O.O=C(O)Cc1ccccc1O. The summed E-state index contributed by atoms with van der Waals surface area (Å²) in [4.78, 5) is 20.4. The van der Waals surface area contributed by atoms with Crippen LogP contribution >= 0.6 is 0 Å². The number of phenolic OH excluding ortho intramolecular Hbond substituents is 2. The fraction of sp³-hybridized carbons (Fsp3) is 0.125. The summed E-state index contributed by atoms with van der Waals surface area (Å²) in [6, 6.07) is 12.8. The van der Waals surface area contributed by atoms with E-state index in [2.05, 4.69) is 0 Å². The minimum atomic E-state index is -0.938. The summed E-state index contributed by atoms with van der Waals surface area (Å²) in [5.74, 6) is -1.80. The van der Waals surface area contributed by atoms with Crippen LogP contribution < -0.4 is 12.3 Å². The standard InChI is InChI=1S/2C8H8O3.2H3N/c2*9-7-4-2-1-3-6(7)5-8(10)11;;/h2*1-4,9H,5H2,(H,10,11);2*1H3. The molecule has 0 aliphatic carbocycles. The van der Waals surface area contributed by atoms with E-state index >= 15 is 0 Å². The number of carbonyl (C=O) groups is 2. The largest absolute Gasteiger partial charge is 0.508 e. The number of carboxylic acids is 2. The maximum Gasteiger partial charge on any atom is 0.307 e. The maximum absolute atomic E-state index is 10.2. The third-order valence-electron chi connectivity index (χ3n) is 2.67. The van der Waals surface area contributed by atoms with Gasteiger partial charge in [-0.1, -0.05) is 36.4 Å². The van der Waals surface area contributed by atoms with Gasteiger partial charge in [-0.2, -0.15) is 0 Å². The molecular weight excluding hydrogens is 316 g/mol. The lowest BCUT2D eigenvalue weighted by Gasteiger charge is -1.98. The molecule has 0 heterocycles. The predicted molar refractivity (Wildman–Crippen MR) is 88.9 cm³/mol. The molecule has 8 nitrogen and oxygen atoms in total. The van der Waals surface area contributed by atoms with Gasteiger partial charge in [0.25, 0.3) is 0 Å². The Morgan fingerprint density at radius 1 is 0.667 bits per heavy atom. The van der Waals surface area contributed by atoms with Crippen LogP contribution in [0.15, 0.2) is 48.5 Å². The van der Waals surface area contributed by atoms with Gasteiger partial charge in [0.05, 0.1) is 12.8 Å². The van der Waals surface area contributed by atoms with Gasteiger partial charge in [-0.05, 0) is 12.1 Å². The summed E-state index contributed by atoms with van der Waals surface area (Å²) in [5.41, 5.74) is 0.889. The Balaban J connectivity index is 0. The monoisotopic (exact) mass is 338 g/mol. The number of phenols is 2. The van der Waals surface area contributed by atoms with E-state index in [0.29, 0.717) is 11.1 Å². The molecule has 0 spiro atoms. The van der Waals surface area contributed by atoms with Crippen LogP contribution in [0.1, 0.15) is 11.1 Å². The number of benzene rings is 2. The van der Waals surface area contributed by atoms with Crippen molar-refractivity contribution in [3.63, 3.8) is 0 Å². The van der Waals surface area contributed by atoms with E-state index in [0.717, 1.165) is 0 Å². The molecule has 2 aromatic rings. The zero-order chi connectivity index (χ0) is 16.5. The van der Waals surface area contributed by atoms with Crippen molar-refractivity contribution in [1.82, 2.24) is 12.3 Å². The number of rotatable bonds is 4. The average Bonchev–Trinajstić information content (AvgIpc) is 2.44. The molecule has 2 aromatic carbocycles. The lowest BCUT2D eigenvalue weighted by Crippen LogP contribution is -1.99. The summed E-state index contributed by atoms with van der Waals surface area (Å²) in [7, 11) is 0. The molecule has 0 saturated heterocycles.